The van der Waals surface area contributed by atoms with Gasteiger partial charge in [0.05, 0.1) is 29.1 Å². The van der Waals surface area contributed by atoms with Crippen molar-refractivity contribution in [2.24, 2.45) is 0 Å². The SMILES string of the molecule is O=C1c2ccccc2C(=O)N1CCS(=O)(=O)N1CCOc2ccc(F)cc21. The Balaban J connectivity index is 1.55. The summed E-state index contributed by atoms with van der Waals surface area (Å²) in [5.41, 5.74) is 0.640. The van der Waals surface area contributed by atoms with Crippen molar-refractivity contribution in [3.63, 3.8) is 0 Å². The lowest BCUT2D eigenvalue weighted by Gasteiger charge is -2.30. The van der Waals surface area contributed by atoms with E-state index < -0.39 is 33.4 Å². The Morgan fingerprint density at radius 1 is 1.04 bits per heavy atom. The number of anilines is 1. The Bertz CT molecular complexity index is 1020. The molecule has 2 aromatic carbocycles. The quantitative estimate of drug-likeness (QED) is 0.742. The van der Waals surface area contributed by atoms with Crippen LogP contribution >= 0.6 is 0 Å². The molecule has 0 radical (unpaired) electrons. The Labute approximate surface area is 155 Å². The number of carbonyl (C=O) groups excluding carboxylic acids is 2. The van der Waals surface area contributed by atoms with Gasteiger partial charge in [-0.3, -0.25) is 18.8 Å². The van der Waals surface area contributed by atoms with Crippen molar-refractivity contribution in [3.05, 3.63) is 59.4 Å². The van der Waals surface area contributed by atoms with Gasteiger partial charge in [-0.2, -0.15) is 0 Å². The van der Waals surface area contributed by atoms with Crippen molar-refractivity contribution in [2.75, 3.05) is 29.8 Å². The first-order valence-corrected chi connectivity index (χ1v) is 9.87. The summed E-state index contributed by atoms with van der Waals surface area (Å²) in [5, 5.41) is 0. The number of sulfonamides is 1. The molecule has 0 fully saturated rings. The number of hydrogen-bond acceptors (Lipinski definition) is 5. The van der Waals surface area contributed by atoms with Crippen molar-refractivity contribution in [2.45, 2.75) is 0 Å². The molecule has 0 saturated carbocycles. The summed E-state index contributed by atoms with van der Waals surface area (Å²) in [7, 11) is -3.89. The van der Waals surface area contributed by atoms with E-state index in [1.165, 1.54) is 24.3 Å². The molecule has 9 heteroatoms. The second-order valence-electron chi connectivity index (χ2n) is 6.16. The maximum absolute atomic E-state index is 13.6. The van der Waals surface area contributed by atoms with E-state index in [-0.39, 0.29) is 42.3 Å². The van der Waals surface area contributed by atoms with Crippen molar-refractivity contribution in [1.29, 1.82) is 0 Å². The van der Waals surface area contributed by atoms with Crippen LogP contribution in [0.25, 0.3) is 0 Å². The topological polar surface area (TPSA) is 84.0 Å². The zero-order valence-corrected chi connectivity index (χ0v) is 14.9. The molecular formula is C18H15FN2O5S. The lowest BCUT2D eigenvalue weighted by molar-refractivity contribution is 0.0664. The standard InChI is InChI=1S/C18H15FN2O5S/c19-12-5-6-16-15(11-12)21(7-9-26-16)27(24,25)10-8-20-17(22)13-3-1-2-4-14(13)18(20)23/h1-6,11H,7-10H2. The second-order valence-corrected chi connectivity index (χ2v) is 8.17. The fraction of sp³-hybridized carbons (Fsp3) is 0.222. The number of amides is 2. The molecule has 0 bridgehead atoms. The van der Waals surface area contributed by atoms with Gasteiger partial charge in [-0.25, -0.2) is 12.8 Å². The number of carbonyl (C=O) groups is 2. The molecular weight excluding hydrogens is 375 g/mol. The van der Waals surface area contributed by atoms with E-state index in [0.717, 1.165) is 15.3 Å². The molecule has 2 aliphatic heterocycles. The molecule has 2 aliphatic rings. The third-order valence-electron chi connectivity index (χ3n) is 4.53. The van der Waals surface area contributed by atoms with Crippen LogP contribution < -0.4 is 9.04 Å². The highest BCUT2D eigenvalue weighted by Crippen LogP contribution is 2.34. The zero-order valence-electron chi connectivity index (χ0n) is 14.1. The highest BCUT2D eigenvalue weighted by molar-refractivity contribution is 7.92. The van der Waals surface area contributed by atoms with Crippen LogP contribution in [0.3, 0.4) is 0 Å². The lowest BCUT2D eigenvalue weighted by Crippen LogP contribution is -2.43. The van der Waals surface area contributed by atoms with Crippen LogP contribution in [0, 0.1) is 5.82 Å². The maximum Gasteiger partial charge on any atom is 0.261 e. The normalized spacial score (nSPS) is 16.2. The van der Waals surface area contributed by atoms with Crippen LogP contribution in [0.5, 0.6) is 5.75 Å². The third-order valence-corrected chi connectivity index (χ3v) is 6.28. The van der Waals surface area contributed by atoms with Crippen LogP contribution in [-0.2, 0) is 10.0 Å². The molecule has 0 aliphatic carbocycles. The van der Waals surface area contributed by atoms with Gasteiger partial charge >= 0.3 is 0 Å². The number of halogens is 1. The number of rotatable bonds is 4. The zero-order chi connectivity index (χ0) is 19.2. The molecule has 0 N–H and O–H groups in total. The minimum absolute atomic E-state index is 0.0287. The lowest BCUT2D eigenvalue weighted by atomic mass is 10.1. The summed E-state index contributed by atoms with van der Waals surface area (Å²) in [6.45, 7) is -0.123. The van der Waals surface area contributed by atoms with Gasteiger partial charge < -0.3 is 4.74 Å². The molecule has 0 unspecified atom stereocenters. The number of hydrogen-bond donors (Lipinski definition) is 0. The minimum Gasteiger partial charge on any atom is -0.489 e. The highest BCUT2D eigenvalue weighted by Gasteiger charge is 2.37. The summed E-state index contributed by atoms with van der Waals surface area (Å²) in [6, 6.07) is 10.0. The van der Waals surface area contributed by atoms with Crippen molar-refractivity contribution >= 4 is 27.5 Å². The average molecular weight is 390 g/mol. The highest BCUT2D eigenvalue weighted by atomic mass is 32.2. The van der Waals surface area contributed by atoms with E-state index in [9.17, 15) is 22.4 Å². The van der Waals surface area contributed by atoms with Crippen molar-refractivity contribution in [3.8, 4) is 5.75 Å². The summed E-state index contributed by atoms with van der Waals surface area (Å²) in [4.78, 5) is 25.7. The largest absolute Gasteiger partial charge is 0.489 e. The number of benzene rings is 2. The molecule has 4 rings (SSSR count). The van der Waals surface area contributed by atoms with Gasteiger partial charge in [0.2, 0.25) is 10.0 Å². The summed E-state index contributed by atoms with van der Waals surface area (Å²) >= 11 is 0. The Morgan fingerprint density at radius 3 is 2.37 bits per heavy atom. The van der Waals surface area contributed by atoms with Crippen LogP contribution in [0.4, 0.5) is 10.1 Å². The molecule has 7 nitrogen and oxygen atoms in total. The van der Waals surface area contributed by atoms with Crippen molar-refractivity contribution < 1.29 is 27.1 Å². The van der Waals surface area contributed by atoms with E-state index in [4.69, 9.17) is 4.74 Å². The first-order valence-electron chi connectivity index (χ1n) is 8.26. The number of fused-ring (bicyclic) bond motifs is 2. The minimum atomic E-state index is -3.89. The summed E-state index contributed by atoms with van der Waals surface area (Å²) in [6.07, 6.45) is 0. The first-order chi connectivity index (χ1) is 12.9. The van der Waals surface area contributed by atoms with Crippen LogP contribution in [-0.4, -0.2) is 50.6 Å². The van der Waals surface area contributed by atoms with Crippen LogP contribution in [0.15, 0.2) is 42.5 Å². The van der Waals surface area contributed by atoms with Gasteiger partial charge in [0.1, 0.15) is 18.2 Å². The van der Waals surface area contributed by atoms with Gasteiger partial charge in [-0.15, -0.1) is 0 Å². The molecule has 2 amide bonds. The monoisotopic (exact) mass is 390 g/mol. The van der Waals surface area contributed by atoms with Gasteiger partial charge in [0.25, 0.3) is 11.8 Å². The predicted molar refractivity (Wildman–Crippen MR) is 94.8 cm³/mol. The van der Waals surface area contributed by atoms with Crippen LogP contribution in [0.2, 0.25) is 0 Å². The van der Waals surface area contributed by atoms with E-state index in [1.54, 1.807) is 12.1 Å². The average Bonchev–Trinajstić information content (AvgIpc) is 2.90. The van der Waals surface area contributed by atoms with Crippen molar-refractivity contribution in [1.82, 2.24) is 4.90 Å². The fourth-order valence-electron chi connectivity index (χ4n) is 3.21. The van der Waals surface area contributed by atoms with Gasteiger partial charge in [-0.05, 0) is 24.3 Å². The van der Waals surface area contributed by atoms with Gasteiger partial charge in [0, 0.05) is 12.6 Å². The number of nitrogens with zero attached hydrogens (tertiary/aromatic N) is 2. The van der Waals surface area contributed by atoms with Gasteiger partial charge in [-0.1, -0.05) is 12.1 Å². The smallest absolute Gasteiger partial charge is 0.261 e. The summed E-state index contributed by atoms with van der Waals surface area (Å²) in [5.74, 6) is -1.81. The number of ether oxygens (including phenoxy) is 1. The molecule has 0 aromatic heterocycles. The van der Waals surface area contributed by atoms with E-state index in [0.29, 0.717) is 0 Å². The second kappa shape index (κ2) is 6.34. The Kier molecular flexibility index (Phi) is 4.11. The molecule has 0 spiro atoms. The third kappa shape index (κ3) is 2.93. The van der Waals surface area contributed by atoms with Gasteiger partial charge in [0.15, 0.2) is 0 Å². The molecule has 0 atom stereocenters. The first kappa shape index (κ1) is 17.5. The van der Waals surface area contributed by atoms with E-state index in [1.807, 2.05) is 0 Å². The molecule has 2 aromatic rings. The molecule has 2 heterocycles. The summed E-state index contributed by atoms with van der Waals surface area (Å²) < 4.78 is 45.6. The Morgan fingerprint density at radius 2 is 1.70 bits per heavy atom. The molecule has 0 saturated heterocycles. The maximum atomic E-state index is 13.6. The Hall–Kier alpha value is -2.94. The fourth-order valence-corrected chi connectivity index (χ4v) is 4.64. The van der Waals surface area contributed by atoms with E-state index >= 15 is 0 Å². The number of imide groups is 1. The molecule has 27 heavy (non-hydrogen) atoms. The van der Waals surface area contributed by atoms with Crippen LogP contribution in [0.1, 0.15) is 20.7 Å². The molecule has 140 valence electrons. The van der Waals surface area contributed by atoms with E-state index in [2.05, 4.69) is 0 Å². The predicted octanol–water partition coefficient (Wildman–Crippen LogP) is 1.65.